The van der Waals surface area contributed by atoms with Crippen molar-refractivity contribution in [3.05, 3.63) is 23.5 Å². The third kappa shape index (κ3) is 4.42. The van der Waals surface area contributed by atoms with Crippen molar-refractivity contribution >= 4 is 6.09 Å². The topological polar surface area (TPSA) is 63.7 Å². The van der Waals surface area contributed by atoms with Crippen molar-refractivity contribution < 1.29 is 14.3 Å². The molecule has 1 aliphatic heterocycles. The van der Waals surface area contributed by atoms with Gasteiger partial charge in [0.2, 0.25) is 0 Å². The van der Waals surface area contributed by atoms with E-state index in [0.29, 0.717) is 18.8 Å². The molecule has 0 saturated carbocycles. The van der Waals surface area contributed by atoms with Crippen LogP contribution in [-0.2, 0) is 10.2 Å². The van der Waals surface area contributed by atoms with E-state index < -0.39 is 0 Å². The molecule has 0 radical (unpaired) electrons. The van der Waals surface area contributed by atoms with Gasteiger partial charge in [-0.15, -0.1) is 0 Å². The van der Waals surface area contributed by atoms with Crippen LogP contribution < -0.4 is 10.1 Å². The molecule has 1 aromatic rings. The third-order valence-electron chi connectivity index (χ3n) is 3.93. The number of carbonyl (C=O) groups excluding carboxylic acids is 1. The van der Waals surface area contributed by atoms with Gasteiger partial charge in [0.15, 0.2) is 5.75 Å². The maximum atomic E-state index is 12.3. The average Bonchev–Trinajstić information content (AvgIpc) is 2.54. The molecule has 1 aliphatic rings. The van der Waals surface area contributed by atoms with Crippen LogP contribution >= 0.6 is 0 Å². The first kappa shape index (κ1) is 17.7. The largest absolute Gasteiger partial charge is 0.415 e. The maximum Gasteiger partial charge on any atom is 0.415 e. The van der Waals surface area contributed by atoms with Crippen LogP contribution in [0, 0.1) is 0 Å². The SMILES string of the molecule is COC(C)c1ccc(OC(=O)N2CCNCC2)c(C(C)(C)C)n1. The quantitative estimate of drug-likeness (QED) is 0.926. The van der Waals surface area contributed by atoms with Gasteiger partial charge in [-0.05, 0) is 19.1 Å². The molecule has 1 N–H and O–H groups in total. The van der Waals surface area contributed by atoms with Gasteiger partial charge >= 0.3 is 6.09 Å². The van der Waals surface area contributed by atoms with E-state index in [9.17, 15) is 4.79 Å². The molecule has 2 heterocycles. The lowest BCUT2D eigenvalue weighted by molar-refractivity contribution is 0.115. The van der Waals surface area contributed by atoms with Crippen molar-refractivity contribution in [3.63, 3.8) is 0 Å². The Hall–Kier alpha value is -1.66. The molecule has 2 rings (SSSR count). The van der Waals surface area contributed by atoms with E-state index in [0.717, 1.165) is 24.5 Å². The fourth-order valence-corrected chi connectivity index (χ4v) is 2.43. The fourth-order valence-electron chi connectivity index (χ4n) is 2.43. The highest BCUT2D eigenvalue weighted by atomic mass is 16.6. The van der Waals surface area contributed by atoms with E-state index in [4.69, 9.17) is 9.47 Å². The second kappa shape index (κ2) is 7.27. The predicted octanol–water partition coefficient (Wildman–Crippen LogP) is 2.49. The number of hydrogen-bond acceptors (Lipinski definition) is 5. The Morgan fingerprint density at radius 2 is 1.96 bits per heavy atom. The number of nitrogens with one attached hydrogen (secondary N) is 1. The molecule has 0 spiro atoms. The molecule has 0 bridgehead atoms. The summed E-state index contributed by atoms with van der Waals surface area (Å²) in [6.45, 7) is 11.0. The summed E-state index contributed by atoms with van der Waals surface area (Å²) in [6.07, 6.45) is -0.416. The van der Waals surface area contributed by atoms with Gasteiger partial charge in [-0.1, -0.05) is 20.8 Å². The van der Waals surface area contributed by atoms with Gasteiger partial charge < -0.3 is 19.7 Å². The Bertz CT molecular complexity index is 549. The summed E-state index contributed by atoms with van der Waals surface area (Å²) >= 11 is 0. The number of carbonyl (C=O) groups is 1. The molecule has 1 fully saturated rings. The van der Waals surface area contributed by atoms with E-state index in [2.05, 4.69) is 31.1 Å². The second-order valence-electron chi connectivity index (χ2n) is 6.82. The zero-order valence-electron chi connectivity index (χ0n) is 14.7. The molecule has 6 nitrogen and oxygen atoms in total. The second-order valence-corrected chi connectivity index (χ2v) is 6.82. The smallest absolute Gasteiger partial charge is 0.408 e. The van der Waals surface area contributed by atoms with Crippen LogP contribution in [0.2, 0.25) is 0 Å². The van der Waals surface area contributed by atoms with Gasteiger partial charge in [-0.25, -0.2) is 4.79 Å². The molecule has 23 heavy (non-hydrogen) atoms. The molecule has 1 unspecified atom stereocenters. The van der Waals surface area contributed by atoms with Gasteiger partial charge in [0.05, 0.1) is 17.5 Å². The van der Waals surface area contributed by atoms with Gasteiger partial charge in [0, 0.05) is 38.7 Å². The summed E-state index contributed by atoms with van der Waals surface area (Å²) < 4.78 is 11.0. The minimum atomic E-state index is -0.314. The standard InChI is InChI=1S/C17H27N3O3/c1-12(22-5)13-6-7-14(15(19-13)17(2,3)4)23-16(21)20-10-8-18-9-11-20/h6-7,12,18H,8-11H2,1-5H3. The number of hydrogen-bond donors (Lipinski definition) is 1. The summed E-state index contributed by atoms with van der Waals surface area (Å²) in [5.74, 6) is 0.521. The van der Waals surface area contributed by atoms with Crippen LogP contribution in [0.3, 0.4) is 0 Å². The number of nitrogens with zero attached hydrogens (tertiary/aromatic N) is 2. The maximum absolute atomic E-state index is 12.3. The Labute approximate surface area is 138 Å². The molecule has 0 aliphatic carbocycles. The Balaban J connectivity index is 2.24. The Morgan fingerprint density at radius 1 is 1.30 bits per heavy atom. The monoisotopic (exact) mass is 321 g/mol. The first-order valence-electron chi connectivity index (χ1n) is 8.04. The summed E-state index contributed by atoms with van der Waals surface area (Å²) in [6, 6.07) is 3.67. The van der Waals surface area contributed by atoms with Crippen molar-refractivity contribution in [2.24, 2.45) is 0 Å². The van der Waals surface area contributed by atoms with E-state index in [-0.39, 0.29) is 17.6 Å². The van der Waals surface area contributed by atoms with Crippen LogP contribution in [0.15, 0.2) is 12.1 Å². The highest BCUT2D eigenvalue weighted by Gasteiger charge is 2.26. The van der Waals surface area contributed by atoms with E-state index in [1.54, 1.807) is 12.0 Å². The number of ether oxygens (including phenoxy) is 2. The number of amides is 1. The minimum Gasteiger partial charge on any atom is -0.408 e. The summed E-state index contributed by atoms with van der Waals surface area (Å²) in [4.78, 5) is 18.7. The Morgan fingerprint density at radius 3 is 2.52 bits per heavy atom. The molecular weight excluding hydrogens is 294 g/mol. The van der Waals surface area contributed by atoms with Crippen molar-refractivity contribution in [1.82, 2.24) is 15.2 Å². The van der Waals surface area contributed by atoms with Crippen molar-refractivity contribution in [3.8, 4) is 5.75 Å². The van der Waals surface area contributed by atoms with Crippen LogP contribution in [-0.4, -0.2) is 49.3 Å². The molecular formula is C17H27N3O3. The molecule has 128 valence electrons. The van der Waals surface area contributed by atoms with Gasteiger partial charge in [-0.3, -0.25) is 4.98 Å². The average molecular weight is 321 g/mol. The molecule has 1 amide bonds. The zero-order valence-corrected chi connectivity index (χ0v) is 14.7. The Kier molecular flexibility index (Phi) is 5.59. The number of methoxy groups -OCH3 is 1. The lowest BCUT2D eigenvalue weighted by Gasteiger charge is -2.28. The molecule has 1 saturated heterocycles. The van der Waals surface area contributed by atoms with Crippen LogP contribution in [0.25, 0.3) is 0 Å². The number of aromatic nitrogens is 1. The number of pyridine rings is 1. The first-order valence-corrected chi connectivity index (χ1v) is 8.04. The lowest BCUT2D eigenvalue weighted by atomic mass is 9.90. The summed E-state index contributed by atoms with van der Waals surface area (Å²) in [7, 11) is 1.65. The van der Waals surface area contributed by atoms with Crippen molar-refractivity contribution in [2.45, 2.75) is 39.2 Å². The fraction of sp³-hybridized carbons (Fsp3) is 0.647. The van der Waals surface area contributed by atoms with E-state index >= 15 is 0 Å². The number of piperazine rings is 1. The normalized spacial score (nSPS) is 17.0. The van der Waals surface area contributed by atoms with Gasteiger partial charge in [0.1, 0.15) is 0 Å². The third-order valence-corrected chi connectivity index (χ3v) is 3.93. The van der Waals surface area contributed by atoms with Crippen LogP contribution in [0.4, 0.5) is 4.79 Å². The highest BCUT2D eigenvalue weighted by molar-refractivity contribution is 5.71. The van der Waals surface area contributed by atoms with Crippen molar-refractivity contribution in [1.29, 1.82) is 0 Å². The van der Waals surface area contributed by atoms with Crippen LogP contribution in [0.5, 0.6) is 5.75 Å². The zero-order chi connectivity index (χ0) is 17.0. The molecule has 0 aromatic carbocycles. The van der Waals surface area contributed by atoms with Gasteiger partial charge in [0.25, 0.3) is 0 Å². The first-order chi connectivity index (χ1) is 10.8. The van der Waals surface area contributed by atoms with Crippen LogP contribution in [0.1, 0.15) is 45.2 Å². The van der Waals surface area contributed by atoms with Gasteiger partial charge in [-0.2, -0.15) is 0 Å². The van der Waals surface area contributed by atoms with E-state index in [1.807, 2.05) is 19.1 Å². The molecule has 1 aromatic heterocycles. The molecule has 1 atom stereocenters. The molecule has 6 heteroatoms. The summed E-state index contributed by atoms with van der Waals surface area (Å²) in [5.41, 5.74) is 1.37. The minimum absolute atomic E-state index is 0.103. The lowest BCUT2D eigenvalue weighted by Crippen LogP contribution is -2.47. The summed E-state index contributed by atoms with van der Waals surface area (Å²) in [5, 5.41) is 3.22. The van der Waals surface area contributed by atoms with E-state index in [1.165, 1.54) is 0 Å². The predicted molar refractivity (Wildman–Crippen MR) is 88.8 cm³/mol. The number of rotatable bonds is 3. The highest BCUT2D eigenvalue weighted by Crippen LogP contribution is 2.31. The van der Waals surface area contributed by atoms with Crippen molar-refractivity contribution in [2.75, 3.05) is 33.3 Å².